The van der Waals surface area contributed by atoms with Crippen molar-refractivity contribution in [2.24, 2.45) is 0 Å². The average Bonchev–Trinajstić information content (AvgIpc) is 3.22. The summed E-state index contributed by atoms with van der Waals surface area (Å²) in [5, 5.41) is 6.92. The first kappa shape index (κ1) is 21.9. The van der Waals surface area contributed by atoms with E-state index in [0.29, 0.717) is 19.5 Å². The highest BCUT2D eigenvalue weighted by atomic mass is 16.2. The molecule has 3 amide bonds. The summed E-state index contributed by atoms with van der Waals surface area (Å²) in [5.41, 5.74) is 3.75. The minimum Gasteiger partial charge on any atom is -0.361 e. The summed E-state index contributed by atoms with van der Waals surface area (Å²) >= 11 is 0. The van der Waals surface area contributed by atoms with Crippen LogP contribution in [0.15, 0.2) is 54.7 Å². The fraction of sp³-hybridized carbons (Fsp3) is 0.360. The molecule has 1 atom stereocenters. The minimum atomic E-state index is -0.647. The number of amides is 3. The number of fused-ring (bicyclic) bond motifs is 1. The van der Waals surface area contributed by atoms with Gasteiger partial charge in [0.2, 0.25) is 5.91 Å². The number of likely N-dealkylation sites (N-methyl/N-ethyl adjacent to an activating group) is 1. The Hall–Kier alpha value is -3.32. The van der Waals surface area contributed by atoms with Gasteiger partial charge >= 0.3 is 6.03 Å². The number of nitrogens with one attached hydrogen (secondary N) is 3. The second-order valence-electron chi connectivity index (χ2n) is 8.29. The standard InChI is InChI=1S/C25H31N5O2/c1-3-29-12-14-30(15-13-29)24(31)23(16-19-17-26-22-11-7-5-9-20(19)22)28-25(32)27-21-10-6-4-8-18(21)2/h4-11,17,23,26H,3,12-16H2,1-2H3,(H2,27,28,32). The predicted octanol–water partition coefficient (Wildman–Crippen LogP) is 3.37. The van der Waals surface area contributed by atoms with E-state index >= 15 is 0 Å². The summed E-state index contributed by atoms with van der Waals surface area (Å²) in [5.74, 6) is -0.0361. The molecule has 0 bridgehead atoms. The van der Waals surface area contributed by atoms with Crippen LogP contribution in [0.25, 0.3) is 10.9 Å². The molecule has 3 aromatic rings. The van der Waals surface area contributed by atoms with Crippen molar-refractivity contribution in [1.82, 2.24) is 20.1 Å². The molecule has 32 heavy (non-hydrogen) atoms. The molecule has 3 N–H and O–H groups in total. The number of urea groups is 1. The van der Waals surface area contributed by atoms with E-state index in [0.717, 1.165) is 47.4 Å². The molecule has 7 heteroatoms. The molecule has 4 rings (SSSR count). The Morgan fingerprint density at radius 2 is 1.75 bits per heavy atom. The SMILES string of the molecule is CCN1CCN(C(=O)C(Cc2c[nH]c3ccccc23)NC(=O)Nc2ccccc2C)CC1. The highest BCUT2D eigenvalue weighted by Gasteiger charge is 2.29. The van der Waals surface area contributed by atoms with Gasteiger partial charge in [0, 0.05) is 55.4 Å². The van der Waals surface area contributed by atoms with E-state index < -0.39 is 6.04 Å². The summed E-state index contributed by atoms with van der Waals surface area (Å²) in [6.45, 7) is 8.13. The van der Waals surface area contributed by atoms with Gasteiger partial charge in [0.25, 0.3) is 0 Å². The predicted molar refractivity (Wildman–Crippen MR) is 128 cm³/mol. The minimum absolute atomic E-state index is 0.0361. The molecule has 1 fully saturated rings. The maximum Gasteiger partial charge on any atom is 0.319 e. The van der Waals surface area contributed by atoms with Crippen LogP contribution in [0.4, 0.5) is 10.5 Å². The Bertz CT molecular complexity index is 1080. The van der Waals surface area contributed by atoms with Crippen molar-refractivity contribution in [2.75, 3.05) is 38.0 Å². The molecule has 7 nitrogen and oxygen atoms in total. The number of carbonyl (C=O) groups is 2. The Kier molecular flexibility index (Phi) is 6.75. The molecular weight excluding hydrogens is 402 g/mol. The van der Waals surface area contributed by atoms with Crippen molar-refractivity contribution in [3.8, 4) is 0 Å². The van der Waals surface area contributed by atoms with Crippen LogP contribution in [0.2, 0.25) is 0 Å². The molecule has 0 saturated carbocycles. The number of nitrogens with zero attached hydrogens (tertiary/aromatic N) is 2. The van der Waals surface area contributed by atoms with Crippen molar-refractivity contribution in [3.05, 3.63) is 65.9 Å². The maximum atomic E-state index is 13.5. The summed E-state index contributed by atoms with van der Waals surface area (Å²) in [7, 11) is 0. The maximum absolute atomic E-state index is 13.5. The first-order chi connectivity index (χ1) is 15.5. The molecule has 1 aliphatic heterocycles. The number of aromatic nitrogens is 1. The molecule has 2 heterocycles. The van der Waals surface area contributed by atoms with Gasteiger partial charge in [0.1, 0.15) is 6.04 Å². The third-order valence-corrected chi connectivity index (χ3v) is 6.23. The summed E-state index contributed by atoms with van der Waals surface area (Å²) < 4.78 is 0. The smallest absolute Gasteiger partial charge is 0.319 e. The molecule has 1 unspecified atom stereocenters. The lowest BCUT2D eigenvalue weighted by atomic mass is 10.0. The second-order valence-corrected chi connectivity index (χ2v) is 8.29. The number of hydrogen-bond donors (Lipinski definition) is 3. The fourth-order valence-corrected chi connectivity index (χ4v) is 4.26. The second kappa shape index (κ2) is 9.87. The van der Waals surface area contributed by atoms with Crippen LogP contribution in [0, 0.1) is 6.92 Å². The summed E-state index contributed by atoms with van der Waals surface area (Å²) in [6, 6.07) is 14.6. The van der Waals surface area contributed by atoms with Gasteiger partial charge in [0.15, 0.2) is 0 Å². The largest absolute Gasteiger partial charge is 0.361 e. The normalized spacial score (nSPS) is 15.5. The van der Waals surface area contributed by atoms with Crippen LogP contribution in [0.1, 0.15) is 18.1 Å². The highest BCUT2D eigenvalue weighted by Crippen LogP contribution is 2.20. The average molecular weight is 434 g/mol. The lowest BCUT2D eigenvalue weighted by Crippen LogP contribution is -2.56. The highest BCUT2D eigenvalue weighted by molar-refractivity contribution is 5.95. The van der Waals surface area contributed by atoms with Gasteiger partial charge in [-0.25, -0.2) is 4.79 Å². The number of benzene rings is 2. The molecular formula is C25H31N5O2. The monoisotopic (exact) mass is 433 g/mol. The molecule has 168 valence electrons. The van der Waals surface area contributed by atoms with E-state index in [1.165, 1.54) is 0 Å². The van der Waals surface area contributed by atoms with Crippen LogP contribution >= 0.6 is 0 Å². The number of carbonyl (C=O) groups excluding carboxylic acids is 2. The van der Waals surface area contributed by atoms with E-state index in [2.05, 4.69) is 27.4 Å². The first-order valence-corrected chi connectivity index (χ1v) is 11.2. The van der Waals surface area contributed by atoms with E-state index in [1.807, 2.05) is 66.6 Å². The van der Waals surface area contributed by atoms with Gasteiger partial charge in [-0.15, -0.1) is 0 Å². The lowest BCUT2D eigenvalue weighted by molar-refractivity contribution is -0.134. The van der Waals surface area contributed by atoms with Gasteiger partial charge < -0.3 is 25.4 Å². The third-order valence-electron chi connectivity index (χ3n) is 6.23. The fourth-order valence-electron chi connectivity index (χ4n) is 4.26. The number of para-hydroxylation sites is 2. The Morgan fingerprint density at radius 1 is 1.03 bits per heavy atom. The topological polar surface area (TPSA) is 80.5 Å². The summed E-state index contributed by atoms with van der Waals surface area (Å²) in [4.78, 5) is 33.8. The van der Waals surface area contributed by atoms with Gasteiger partial charge in [-0.1, -0.05) is 43.3 Å². The van der Waals surface area contributed by atoms with Crippen molar-refractivity contribution in [3.63, 3.8) is 0 Å². The number of hydrogen-bond acceptors (Lipinski definition) is 3. The number of piperazine rings is 1. The molecule has 1 aromatic heterocycles. The third kappa shape index (κ3) is 4.94. The number of H-pyrrole nitrogens is 1. The van der Waals surface area contributed by atoms with Gasteiger partial charge in [0.05, 0.1) is 0 Å². The van der Waals surface area contributed by atoms with E-state index in [9.17, 15) is 9.59 Å². The molecule has 0 spiro atoms. The van der Waals surface area contributed by atoms with E-state index in [-0.39, 0.29) is 11.9 Å². The molecule has 0 radical (unpaired) electrons. The van der Waals surface area contributed by atoms with Gasteiger partial charge in [-0.05, 0) is 36.7 Å². The lowest BCUT2D eigenvalue weighted by Gasteiger charge is -2.36. The number of aromatic amines is 1. The van der Waals surface area contributed by atoms with Crippen LogP contribution < -0.4 is 10.6 Å². The quantitative estimate of drug-likeness (QED) is 0.558. The van der Waals surface area contributed by atoms with Crippen molar-refractivity contribution < 1.29 is 9.59 Å². The Labute approximate surface area is 188 Å². The molecule has 2 aromatic carbocycles. The van der Waals surface area contributed by atoms with Crippen molar-refractivity contribution in [2.45, 2.75) is 26.3 Å². The molecule has 0 aliphatic carbocycles. The van der Waals surface area contributed by atoms with E-state index in [4.69, 9.17) is 0 Å². The zero-order chi connectivity index (χ0) is 22.5. The number of anilines is 1. The van der Waals surface area contributed by atoms with Crippen LogP contribution in [-0.2, 0) is 11.2 Å². The van der Waals surface area contributed by atoms with Crippen LogP contribution in [-0.4, -0.2) is 65.5 Å². The first-order valence-electron chi connectivity index (χ1n) is 11.2. The van der Waals surface area contributed by atoms with Crippen LogP contribution in [0.3, 0.4) is 0 Å². The Morgan fingerprint density at radius 3 is 2.50 bits per heavy atom. The Balaban J connectivity index is 1.52. The van der Waals surface area contributed by atoms with Crippen molar-refractivity contribution in [1.29, 1.82) is 0 Å². The molecule has 1 aliphatic rings. The summed E-state index contributed by atoms with van der Waals surface area (Å²) in [6.07, 6.45) is 2.36. The number of rotatable bonds is 6. The number of aryl methyl sites for hydroxylation is 1. The molecule has 1 saturated heterocycles. The van der Waals surface area contributed by atoms with Crippen LogP contribution in [0.5, 0.6) is 0 Å². The van der Waals surface area contributed by atoms with E-state index in [1.54, 1.807) is 0 Å². The van der Waals surface area contributed by atoms with Gasteiger partial charge in [-0.2, -0.15) is 0 Å². The zero-order valence-corrected chi connectivity index (χ0v) is 18.7. The van der Waals surface area contributed by atoms with Crippen molar-refractivity contribution >= 4 is 28.5 Å². The zero-order valence-electron chi connectivity index (χ0n) is 18.7. The van der Waals surface area contributed by atoms with Gasteiger partial charge in [-0.3, -0.25) is 4.79 Å².